The fourth-order valence-corrected chi connectivity index (χ4v) is 1.52. The summed E-state index contributed by atoms with van der Waals surface area (Å²) in [4.78, 5) is 10.7. The Bertz CT molecular complexity index is 549. The fraction of sp³-hybridized carbons (Fsp3) is 0.0714. The van der Waals surface area contributed by atoms with Crippen LogP contribution in [-0.4, -0.2) is 16.5 Å². The quantitative estimate of drug-likeness (QED) is 0.807. The van der Waals surface area contributed by atoms with Crippen LogP contribution in [0, 0.1) is 0 Å². The van der Waals surface area contributed by atoms with Crippen LogP contribution in [-0.2, 0) is 11.4 Å². The van der Waals surface area contributed by atoms with E-state index in [-0.39, 0.29) is 23.7 Å². The van der Waals surface area contributed by atoms with E-state index in [4.69, 9.17) is 4.74 Å². The van der Waals surface area contributed by atoms with Gasteiger partial charge in [-0.2, -0.15) is 0 Å². The van der Waals surface area contributed by atoms with Crippen LogP contribution in [0.1, 0.15) is 11.1 Å². The van der Waals surface area contributed by atoms with Gasteiger partial charge < -0.3 is 14.9 Å². The normalized spacial score (nSPS) is 10.0. The number of hydrogen-bond acceptors (Lipinski definition) is 4. The third kappa shape index (κ3) is 2.43. The van der Waals surface area contributed by atoms with E-state index in [1.165, 1.54) is 12.1 Å². The van der Waals surface area contributed by atoms with Crippen molar-refractivity contribution in [2.45, 2.75) is 6.61 Å². The van der Waals surface area contributed by atoms with Gasteiger partial charge in [0.1, 0.15) is 6.61 Å². The summed E-state index contributed by atoms with van der Waals surface area (Å²) in [6.45, 7) is 0.187. The van der Waals surface area contributed by atoms with Gasteiger partial charge in [-0.25, -0.2) is 0 Å². The highest BCUT2D eigenvalue weighted by Gasteiger charge is 2.14. The predicted octanol–water partition coefficient (Wildman–Crippen LogP) is 2.13. The van der Waals surface area contributed by atoms with Gasteiger partial charge in [-0.3, -0.25) is 4.79 Å². The minimum atomic E-state index is -0.452. The van der Waals surface area contributed by atoms with Crippen molar-refractivity contribution in [3.05, 3.63) is 53.6 Å². The minimum absolute atomic E-state index is 0.0612. The molecule has 2 N–H and O–H groups in total. The van der Waals surface area contributed by atoms with Crippen LogP contribution < -0.4 is 4.74 Å². The maximum atomic E-state index is 10.7. The first kappa shape index (κ1) is 12.0. The molecule has 4 nitrogen and oxygen atoms in total. The number of ether oxygens (including phenoxy) is 1. The van der Waals surface area contributed by atoms with E-state index in [2.05, 4.69) is 0 Å². The van der Waals surface area contributed by atoms with E-state index in [0.717, 1.165) is 5.56 Å². The lowest BCUT2D eigenvalue weighted by atomic mass is 10.2. The molecule has 2 aromatic rings. The number of hydrogen-bond donors (Lipinski definition) is 2. The van der Waals surface area contributed by atoms with E-state index in [0.29, 0.717) is 0 Å². The van der Waals surface area contributed by atoms with E-state index >= 15 is 0 Å². The van der Waals surface area contributed by atoms with Crippen molar-refractivity contribution in [2.75, 3.05) is 0 Å². The van der Waals surface area contributed by atoms with Crippen LogP contribution in [0.15, 0.2) is 42.5 Å². The fourth-order valence-electron chi connectivity index (χ4n) is 1.52. The number of carbonyl (C=O) groups excluding carboxylic acids is 1. The third-order valence-corrected chi connectivity index (χ3v) is 2.45. The molecule has 1 radical (unpaired) electrons. The standard InChI is InChI=1S/C14H11O4/c15-8-11-6-7-12(16)13(17)14(11)18-9-10-4-2-1-3-5-10/h1-7,16-17H,9H2. The second-order valence-electron chi connectivity index (χ2n) is 3.69. The molecule has 18 heavy (non-hydrogen) atoms. The summed E-state index contributed by atoms with van der Waals surface area (Å²) in [6, 6.07) is 11.8. The molecule has 0 bridgehead atoms. The highest BCUT2D eigenvalue weighted by molar-refractivity contribution is 5.82. The number of aromatic hydroxyl groups is 2. The number of phenols is 2. The molecule has 0 atom stereocenters. The van der Waals surface area contributed by atoms with E-state index in [9.17, 15) is 15.0 Å². The zero-order valence-corrected chi connectivity index (χ0v) is 9.46. The van der Waals surface area contributed by atoms with Crippen molar-refractivity contribution in [3.8, 4) is 17.2 Å². The Morgan fingerprint density at radius 1 is 1.06 bits per heavy atom. The van der Waals surface area contributed by atoms with Crippen LogP contribution in [0.5, 0.6) is 17.2 Å². The first-order chi connectivity index (χ1) is 8.72. The SMILES string of the molecule is O=[C]c1ccc(O)c(O)c1OCc1ccccc1. The smallest absolute Gasteiger partial charge is 0.237 e. The maximum Gasteiger partial charge on any atom is 0.237 e. The highest BCUT2D eigenvalue weighted by Crippen LogP contribution is 2.37. The molecule has 4 heteroatoms. The molecule has 0 aliphatic carbocycles. The van der Waals surface area contributed by atoms with E-state index < -0.39 is 5.75 Å². The highest BCUT2D eigenvalue weighted by atomic mass is 16.5. The van der Waals surface area contributed by atoms with Crippen LogP contribution in [0.3, 0.4) is 0 Å². The van der Waals surface area contributed by atoms with Crippen LogP contribution in [0.4, 0.5) is 0 Å². The monoisotopic (exact) mass is 243 g/mol. The van der Waals surface area contributed by atoms with Gasteiger partial charge in [0, 0.05) is 0 Å². The lowest BCUT2D eigenvalue weighted by Crippen LogP contribution is -1.98. The largest absolute Gasteiger partial charge is 0.504 e. The zero-order chi connectivity index (χ0) is 13.0. The second kappa shape index (κ2) is 5.23. The van der Waals surface area contributed by atoms with Gasteiger partial charge in [-0.1, -0.05) is 30.3 Å². The van der Waals surface area contributed by atoms with E-state index in [1.807, 2.05) is 30.3 Å². The van der Waals surface area contributed by atoms with Gasteiger partial charge >= 0.3 is 0 Å². The van der Waals surface area contributed by atoms with Crippen molar-refractivity contribution in [2.24, 2.45) is 0 Å². The Morgan fingerprint density at radius 2 is 1.78 bits per heavy atom. The summed E-state index contributed by atoms with van der Waals surface area (Å²) in [7, 11) is 0. The van der Waals surface area contributed by atoms with Crippen molar-refractivity contribution in [1.29, 1.82) is 0 Å². The van der Waals surface area contributed by atoms with Crippen molar-refractivity contribution in [3.63, 3.8) is 0 Å². The average molecular weight is 243 g/mol. The van der Waals surface area contributed by atoms with Gasteiger partial charge in [0.25, 0.3) is 0 Å². The summed E-state index contributed by atoms with van der Waals surface area (Å²) < 4.78 is 5.35. The topological polar surface area (TPSA) is 66.8 Å². The summed E-state index contributed by atoms with van der Waals surface area (Å²) in [6.07, 6.45) is 1.65. The van der Waals surface area contributed by atoms with Gasteiger partial charge in [-0.15, -0.1) is 0 Å². The molecule has 0 spiro atoms. The summed E-state index contributed by atoms with van der Waals surface area (Å²) in [5, 5.41) is 19.0. The molecule has 91 valence electrons. The molecule has 0 aliphatic heterocycles. The molecule has 0 saturated heterocycles. The molecule has 0 aromatic heterocycles. The Labute approximate surface area is 104 Å². The molecule has 0 fully saturated rings. The average Bonchev–Trinajstić information content (AvgIpc) is 2.41. The summed E-state index contributed by atoms with van der Waals surface area (Å²) in [5.41, 5.74) is 0.957. The van der Waals surface area contributed by atoms with E-state index in [1.54, 1.807) is 6.29 Å². The Morgan fingerprint density at radius 3 is 2.44 bits per heavy atom. The molecular weight excluding hydrogens is 232 g/mol. The van der Waals surface area contributed by atoms with Gasteiger partial charge in [0.15, 0.2) is 11.5 Å². The number of phenolic OH excluding ortho intramolecular Hbond substituents is 2. The second-order valence-corrected chi connectivity index (χ2v) is 3.69. The van der Waals surface area contributed by atoms with Crippen LogP contribution >= 0.6 is 0 Å². The predicted molar refractivity (Wildman–Crippen MR) is 65.3 cm³/mol. The Hall–Kier alpha value is -2.49. The molecule has 2 rings (SSSR count). The van der Waals surface area contributed by atoms with Crippen molar-refractivity contribution in [1.82, 2.24) is 0 Å². The molecular formula is C14H11O4. The Balaban J connectivity index is 2.23. The van der Waals surface area contributed by atoms with Crippen molar-refractivity contribution < 1.29 is 19.7 Å². The maximum absolute atomic E-state index is 10.7. The summed E-state index contributed by atoms with van der Waals surface area (Å²) >= 11 is 0. The molecule has 0 heterocycles. The molecule has 0 unspecified atom stereocenters. The summed E-state index contributed by atoms with van der Waals surface area (Å²) in [5.74, 6) is -0.849. The number of rotatable bonds is 4. The lowest BCUT2D eigenvalue weighted by molar-refractivity contribution is 0.282. The van der Waals surface area contributed by atoms with Crippen LogP contribution in [0.25, 0.3) is 0 Å². The third-order valence-electron chi connectivity index (χ3n) is 2.45. The number of benzene rings is 2. The Kier molecular flexibility index (Phi) is 3.48. The first-order valence-corrected chi connectivity index (χ1v) is 5.32. The van der Waals surface area contributed by atoms with Crippen molar-refractivity contribution >= 4 is 6.29 Å². The molecule has 0 saturated carbocycles. The zero-order valence-electron chi connectivity index (χ0n) is 9.46. The first-order valence-electron chi connectivity index (χ1n) is 5.32. The molecule has 0 aliphatic rings. The van der Waals surface area contributed by atoms with Gasteiger partial charge in [0.2, 0.25) is 12.0 Å². The molecule has 0 amide bonds. The van der Waals surface area contributed by atoms with Gasteiger partial charge in [0.05, 0.1) is 5.56 Å². The lowest BCUT2D eigenvalue weighted by Gasteiger charge is -2.10. The molecule has 2 aromatic carbocycles. The minimum Gasteiger partial charge on any atom is -0.504 e. The van der Waals surface area contributed by atoms with Gasteiger partial charge in [-0.05, 0) is 17.7 Å². The van der Waals surface area contributed by atoms with Crippen LogP contribution in [0.2, 0.25) is 0 Å².